The molecule has 0 aromatic heterocycles. The van der Waals surface area contributed by atoms with Crippen molar-refractivity contribution in [1.82, 2.24) is 10.0 Å². The quantitative estimate of drug-likeness (QED) is 0.0746. The first-order valence-corrected chi connectivity index (χ1v) is 17.1. The van der Waals surface area contributed by atoms with Crippen LogP contribution in [0.3, 0.4) is 0 Å². The van der Waals surface area contributed by atoms with Crippen molar-refractivity contribution in [3.05, 3.63) is 131 Å². The molecular formula is C32H33N5O5S2. The molecule has 2 atom stereocenters. The zero-order valence-electron chi connectivity index (χ0n) is 23.9. The molecule has 0 bridgehead atoms. The minimum atomic E-state index is -3.78. The Morgan fingerprint density at radius 2 is 1.50 bits per heavy atom. The third-order valence-corrected chi connectivity index (χ3v) is 9.89. The molecule has 0 heterocycles. The fourth-order valence-corrected chi connectivity index (χ4v) is 7.06. The lowest BCUT2D eigenvalue weighted by molar-refractivity contribution is -0.122. The Balaban J connectivity index is 1.43. The SMILES string of the molecule is [N-]=[N+]=N[C@@H](Cc1ccccc1)C(=O)N[C@H](/C=C/S(=O)(=O)c1ccccc1)CCCCNS(=O)(=O)c1cccc2ccccc12. The Bertz CT molecular complexity index is 1850. The molecule has 12 heteroatoms. The standard InChI is InChI=1S/C32H33N5O5S2/c33-37-36-30(24-25-12-3-1-4-13-25)32(38)35-27(21-23-43(39,40)28-17-5-2-6-18-28)16-9-10-22-34-44(41,42)31-20-11-15-26-14-7-8-19-29(26)31/h1-8,11-15,17-21,23,27,30,34H,9-10,16,22,24H2,(H,35,38)/b23-21+/t27-,30-/m0/s1. The Morgan fingerprint density at radius 1 is 0.841 bits per heavy atom. The molecule has 1 amide bonds. The summed E-state index contributed by atoms with van der Waals surface area (Å²) in [6, 6.07) is 27.6. The number of rotatable bonds is 15. The van der Waals surface area contributed by atoms with E-state index in [1.807, 2.05) is 48.5 Å². The molecule has 2 N–H and O–H groups in total. The van der Waals surface area contributed by atoms with Gasteiger partial charge in [0.1, 0.15) is 6.04 Å². The maximum absolute atomic E-state index is 13.2. The number of hydrogen-bond acceptors (Lipinski definition) is 6. The molecule has 4 aromatic rings. The molecule has 0 spiro atoms. The molecule has 0 radical (unpaired) electrons. The van der Waals surface area contributed by atoms with E-state index in [-0.39, 0.29) is 22.8 Å². The van der Waals surface area contributed by atoms with Crippen LogP contribution in [0.1, 0.15) is 24.8 Å². The second-order valence-corrected chi connectivity index (χ2v) is 13.7. The van der Waals surface area contributed by atoms with Crippen LogP contribution in [0.5, 0.6) is 0 Å². The summed E-state index contributed by atoms with van der Waals surface area (Å²) in [6.45, 7) is 0.146. The maximum atomic E-state index is 13.2. The van der Waals surface area contributed by atoms with E-state index in [4.69, 9.17) is 5.53 Å². The Morgan fingerprint density at radius 3 is 2.23 bits per heavy atom. The Hall–Kier alpha value is -4.48. The van der Waals surface area contributed by atoms with Crippen molar-refractivity contribution in [2.24, 2.45) is 5.11 Å². The molecule has 0 fully saturated rings. The molecule has 228 valence electrons. The zero-order chi connectivity index (χ0) is 31.4. The lowest BCUT2D eigenvalue weighted by Crippen LogP contribution is -2.40. The minimum Gasteiger partial charge on any atom is -0.350 e. The van der Waals surface area contributed by atoms with Gasteiger partial charge in [-0.15, -0.1) is 0 Å². The van der Waals surface area contributed by atoms with Crippen molar-refractivity contribution in [2.75, 3.05) is 6.54 Å². The second kappa shape index (κ2) is 15.3. The number of unbranched alkanes of at least 4 members (excludes halogenated alkanes) is 1. The molecule has 0 saturated heterocycles. The molecule has 0 aliphatic rings. The molecule has 0 aliphatic heterocycles. The fraction of sp³-hybridized carbons (Fsp3) is 0.219. The molecule has 44 heavy (non-hydrogen) atoms. The van der Waals surface area contributed by atoms with Gasteiger partial charge >= 0.3 is 0 Å². The topological polar surface area (TPSA) is 158 Å². The van der Waals surface area contributed by atoms with Crippen LogP contribution in [0.4, 0.5) is 0 Å². The van der Waals surface area contributed by atoms with Crippen LogP contribution < -0.4 is 10.0 Å². The smallest absolute Gasteiger partial charge is 0.241 e. The monoisotopic (exact) mass is 631 g/mol. The average molecular weight is 632 g/mol. The summed E-state index contributed by atoms with van der Waals surface area (Å²) in [4.78, 5) is 16.3. The van der Waals surface area contributed by atoms with E-state index in [0.717, 1.165) is 16.4 Å². The van der Waals surface area contributed by atoms with Crippen LogP contribution in [-0.4, -0.2) is 41.4 Å². The van der Waals surface area contributed by atoms with Crippen molar-refractivity contribution >= 4 is 36.5 Å². The molecule has 0 unspecified atom stereocenters. The van der Waals surface area contributed by atoms with Crippen molar-refractivity contribution in [1.29, 1.82) is 0 Å². The number of benzene rings is 4. The van der Waals surface area contributed by atoms with Crippen LogP contribution in [0, 0.1) is 0 Å². The van der Waals surface area contributed by atoms with Gasteiger partial charge in [-0.25, -0.2) is 21.6 Å². The Kier molecular flexibility index (Phi) is 11.3. The number of fused-ring (bicyclic) bond motifs is 1. The molecule has 10 nitrogen and oxygen atoms in total. The average Bonchev–Trinajstić information content (AvgIpc) is 3.03. The number of nitrogens with one attached hydrogen (secondary N) is 2. The highest BCUT2D eigenvalue weighted by molar-refractivity contribution is 7.94. The summed E-state index contributed by atoms with van der Waals surface area (Å²) < 4.78 is 54.5. The molecule has 0 saturated carbocycles. The van der Waals surface area contributed by atoms with Gasteiger partial charge in [0.2, 0.25) is 15.9 Å². The second-order valence-electron chi connectivity index (χ2n) is 10.1. The summed E-state index contributed by atoms with van der Waals surface area (Å²) in [5, 5.41) is 8.97. The third kappa shape index (κ3) is 9.01. The Labute approximate surface area is 257 Å². The summed E-state index contributed by atoms with van der Waals surface area (Å²) >= 11 is 0. The van der Waals surface area contributed by atoms with Crippen LogP contribution in [0.15, 0.2) is 130 Å². The number of nitrogens with zero attached hydrogens (tertiary/aromatic N) is 3. The highest BCUT2D eigenvalue weighted by atomic mass is 32.2. The van der Waals surface area contributed by atoms with Crippen molar-refractivity contribution < 1.29 is 21.6 Å². The number of sulfonamides is 1. The predicted octanol–water partition coefficient (Wildman–Crippen LogP) is 5.68. The van der Waals surface area contributed by atoms with Crippen molar-refractivity contribution in [2.45, 2.75) is 47.6 Å². The summed E-state index contributed by atoms with van der Waals surface area (Å²) in [5.41, 5.74) is 9.87. The number of sulfone groups is 1. The van der Waals surface area contributed by atoms with E-state index in [0.29, 0.717) is 24.6 Å². The van der Waals surface area contributed by atoms with E-state index in [2.05, 4.69) is 20.1 Å². The zero-order valence-corrected chi connectivity index (χ0v) is 25.5. The maximum Gasteiger partial charge on any atom is 0.241 e. The largest absolute Gasteiger partial charge is 0.350 e. The lowest BCUT2D eigenvalue weighted by atomic mass is 10.0. The molecule has 4 aromatic carbocycles. The third-order valence-electron chi connectivity index (χ3n) is 6.93. The number of azide groups is 1. The van der Waals surface area contributed by atoms with Crippen LogP contribution in [0.2, 0.25) is 0 Å². The van der Waals surface area contributed by atoms with E-state index in [1.165, 1.54) is 18.2 Å². The predicted molar refractivity (Wildman–Crippen MR) is 171 cm³/mol. The van der Waals surface area contributed by atoms with Crippen LogP contribution >= 0.6 is 0 Å². The van der Waals surface area contributed by atoms with E-state index in [1.54, 1.807) is 42.5 Å². The molecule has 4 rings (SSSR count). The summed E-state index contributed by atoms with van der Waals surface area (Å²) in [6.07, 6.45) is 2.78. The normalized spacial score (nSPS) is 13.3. The van der Waals surface area contributed by atoms with Gasteiger partial charge in [0.15, 0.2) is 9.84 Å². The van der Waals surface area contributed by atoms with Crippen molar-refractivity contribution in [3.63, 3.8) is 0 Å². The van der Waals surface area contributed by atoms with E-state index < -0.39 is 37.9 Å². The summed E-state index contributed by atoms with van der Waals surface area (Å²) in [7, 11) is -7.55. The van der Waals surface area contributed by atoms with Gasteiger partial charge in [0, 0.05) is 28.3 Å². The molecular weight excluding hydrogens is 599 g/mol. The highest BCUT2D eigenvalue weighted by Gasteiger charge is 2.21. The van der Waals surface area contributed by atoms with Gasteiger partial charge < -0.3 is 5.32 Å². The molecule has 0 aliphatic carbocycles. The first-order valence-electron chi connectivity index (χ1n) is 14.0. The van der Waals surface area contributed by atoms with Gasteiger partial charge in [-0.3, -0.25) is 4.79 Å². The van der Waals surface area contributed by atoms with Gasteiger partial charge in [-0.05, 0) is 60.4 Å². The van der Waals surface area contributed by atoms with Crippen LogP contribution in [0.25, 0.3) is 21.2 Å². The number of hydrogen-bond donors (Lipinski definition) is 2. The van der Waals surface area contributed by atoms with Gasteiger partial charge in [0.25, 0.3) is 0 Å². The van der Waals surface area contributed by atoms with Gasteiger partial charge in [-0.2, -0.15) is 0 Å². The minimum absolute atomic E-state index is 0.111. The number of amides is 1. The van der Waals surface area contributed by atoms with Gasteiger partial charge in [-0.1, -0.05) is 96.1 Å². The van der Waals surface area contributed by atoms with Gasteiger partial charge in [0.05, 0.1) is 9.79 Å². The number of carbonyl (C=O) groups is 1. The van der Waals surface area contributed by atoms with Crippen molar-refractivity contribution in [3.8, 4) is 0 Å². The van der Waals surface area contributed by atoms with E-state index in [9.17, 15) is 21.6 Å². The first-order chi connectivity index (χ1) is 21.2. The first kappa shape index (κ1) is 32.4. The highest BCUT2D eigenvalue weighted by Crippen LogP contribution is 2.22. The lowest BCUT2D eigenvalue weighted by Gasteiger charge is -2.19. The summed E-state index contributed by atoms with van der Waals surface area (Å²) in [5.74, 6) is -0.546. The van der Waals surface area contributed by atoms with Crippen LogP contribution in [-0.2, 0) is 31.1 Å². The number of carbonyl (C=O) groups excluding carboxylic acids is 1. The fourth-order valence-electron chi connectivity index (χ4n) is 4.67. The van der Waals surface area contributed by atoms with E-state index >= 15 is 0 Å².